The molecule has 0 amide bonds. The molecule has 21 heavy (non-hydrogen) atoms. The van der Waals surface area contributed by atoms with E-state index >= 15 is 0 Å². The molecular weight excluding hydrogens is 332 g/mol. The van der Waals surface area contributed by atoms with E-state index in [0.29, 0.717) is 0 Å². The van der Waals surface area contributed by atoms with Crippen molar-refractivity contribution >= 4 is 0 Å². The first kappa shape index (κ1) is 20.2. The fraction of sp³-hybridized carbons (Fsp3) is 1.00. The van der Waals surface area contributed by atoms with Crippen LogP contribution in [0.5, 0.6) is 0 Å². The SMILES string of the molecule is OCCCOCC(F)(F)C(F)(F)N(C(F)(F)F)C(F)(F)F. The molecule has 0 aromatic rings. The fourth-order valence-corrected chi connectivity index (χ4v) is 1.08. The molecule has 1 N–H and O–H groups in total. The van der Waals surface area contributed by atoms with Gasteiger partial charge < -0.3 is 9.84 Å². The van der Waals surface area contributed by atoms with Crippen molar-refractivity contribution in [2.45, 2.75) is 31.0 Å². The van der Waals surface area contributed by atoms with Gasteiger partial charge in [-0.25, -0.2) is 0 Å². The predicted octanol–water partition coefficient (Wildman–Crippen LogP) is 2.96. The zero-order valence-electron chi connectivity index (χ0n) is 9.91. The summed E-state index contributed by atoms with van der Waals surface area (Å²) in [7, 11) is 0. The van der Waals surface area contributed by atoms with Crippen LogP contribution < -0.4 is 0 Å². The van der Waals surface area contributed by atoms with Crippen molar-refractivity contribution in [3.63, 3.8) is 0 Å². The van der Waals surface area contributed by atoms with E-state index in [2.05, 4.69) is 4.74 Å². The number of rotatable bonds is 7. The third-order valence-electron chi connectivity index (χ3n) is 1.96. The number of hydrogen-bond acceptors (Lipinski definition) is 3. The molecule has 0 aromatic carbocycles. The summed E-state index contributed by atoms with van der Waals surface area (Å²) in [5.41, 5.74) is 0. The van der Waals surface area contributed by atoms with Gasteiger partial charge in [-0.1, -0.05) is 4.90 Å². The molecule has 0 spiro atoms. The molecule has 0 radical (unpaired) electrons. The Balaban J connectivity index is 5.27. The van der Waals surface area contributed by atoms with E-state index in [1.165, 1.54) is 0 Å². The Morgan fingerprint density at radius 2 is 1.24 bits per heavy atom. The number of hydrogen-bond donors (Lipinski definition) is 1. The van der Waals surface area contributed by atoms with Gasteiger partial charge in [0.15, 0.2) is 0 Å². The second kappa shape index (κ2) is 6.52. The van der Waals surface area contributed by atoms with Crippen LogP contribution in [0.1, 0.15) is 6.42 Å². The molecule has 0 unspecified atom stereocenters. The van der Waals surface area contributed by atoms with Crippen LogP contribution in [0.2, 0.25) is 0 Å². The Labute approximate surface area is 111 Å². The Hall–Kier alpha value is -0.820. The lowest BCUT2D eigenvalue weighted by Gasteiger charge is -2.37. The van der Waals surface area contributed by atoms with Crippen molar-refractivity contribution in [1.82, 2.24) is 4.90 Å². The summed E-state index contributed by atoms with van der Waals surface area (Å²) in [6, 6.07) is -6.61. The molecule has 0 fully saturated rings. The predicted molar refractivity (Wildman–Crippen MR) is 46.4 cm³/mol. The van der Waals surface area contributed by atoms with E-state index in [1.54, 1.807) is 0 Å². The fourth-order valence-electron chi connectivity index (χ4n) is 1.08. The minimum Gasteiger partial charge on any atom is -0.396 e. The maximum absolute atomic E-state index is 13.0. The third-order valence-corrected chi connectivity index (χ3v) is 1.96. The number of aliphatic hydroxyl groups is 1. The Morgan fingerprint density at radius 3 is 1.57 bits per heavy atom. The van der Waals surface area contributed by atoms with Gasteiger partial charge in [0.1, 0.15) is 6.61 Å². The number of nitrogens with zero attached hydrogens (tertiary/aromatic N) is 1. The van der Waals surface area contributed by atoms with Gasteiger partial charge in [-0.05, 0) is 6.42 Å². The lowest BCUT2D eigenvalue weighted by molar-refractivity contribution is -0.470. The van der Waals surface area contributed by atoms with Gasteiger partial charge in [0.05, 0.1) is 0 Å². The second-order valence-electron chi connectivity index (χ2n) is 3.65. The van der Waals surface area contributed by atoms with Gasteiger partial charge in [-0.15, -0.1) is 0 Å². The highest BCUT2D eigenvalue weighted by Gasteiger charge is 2.74. The number of halogens is 10. The van der Waals surface area contributed by atoms with Crippen LogP contribution in [-0.4, -0.2) is 54.4 Å². The van der Waals surface area contributed by atoms with Crippen LogP contribution in [0.25, 0.3) is 0 Å². The second-order valence-corrected chi connectivity index (χ2v) is 3.65. The molecule has 13 heteroatoms. The number of ether oxygens (including phenoxy) is 1. The topological polar surface area (TPSA) is 32.7 Å². The molecule has 0 aliphatic carbocycles. The average molecular weight is 341 g/mol. The monoisotopic (exact) mass is 341 g/mol. The summed E-state index contributed by atoms with van der Waals surface area (Å²) in [6.07, 6.45) is -13.9. The Morgan fingerprint density at radius 1 is 0.810 bits per heavy atom. The maximum Gasteiger partial charge on any atom is 0.472 e. The quantitative estimate of drug-likeness (QED) is 0.439. The first-order valence-corrected chi connectivity index (χ1v) is 5.06. The minimum absolute atomic E-state index is 0.316. The van der Waals surface area contributed by atoms with Crippen LogP contribution >= 0.6 is 0 Å². The highest BCUT2D eigenvalue weighted by Crippen LogP contribution is 2.48. The molecule has 0 bridgehead atoms. The molecule has 0 atom stereocenters. The van der Waals surface area contributed by atoms with E-state index in [0.717, 1.165) is 0 Å². The van der Waals surface area contributed by atoms with Crippen molar-refractivity contribution < 1.29 is 53.7 Å². The standard InChI is InChI=1S/C8H9F10NO2/c9-5(10,4-21-3-1-2-20)6(11,12)19(7(13,14)15)8(16,17)18/h20H,1-4H2. The van der Waals surface area contributed by atoms with Crippen molar-refractivity contribution in [3.8, 4) is 0 Å². The van der Waals surface area contributed by atoms with Crippen LogP contribution in [0.4, 0.5) is 43.9 Å². The largest absolute Gasteiger partial charge is 0.472 e. The molecule has 0 saturated carbocycles. The summed E-state index contributed by atoms with van der Waals surface area (Å²) >= 11 is 0. The van der Waals surface area contributed by atoms with Crippen LogP contribution in [0, 0.1) is 0 Å². The van der Waals surface area contributed by atoms with Gasteiger partial charge in [-0.2, -0.15) is 43.9 Å². The number of alkyl halides is 10. The van der Waals surface area contributed by atoms with Gasteiger partial charge in [-0.3, -0.25) is 0 Å². The van der Waals surface area contributed by atoms with Crippen LogP contribution in [0.3, 0.4) is 0 Å². The summed E-state index contributed by atoms with van der Waals surface area (Å²) in [5.74, 6) is -5.77. The van der Waals surface area contributed by atoms with E-state index in [4.69, 9.17) is 5.11 Å². The normalized spacial score (nSPS) is 14.9. The molecule has 0 saturated heterocycles. The zero-order chi connectivity index (χ0) is 17.1. The summed E-state index contributed by atoms with van der Waals surface area (Å²) in [6.45, 7) is -3.73. The molecule has 0 aromatic heterocycles. The highest BCUT2D eigenvalue weighted by atomic mass is 19.4. The van der Waals surface area contributed by atoms with Crippen molar-refractivity contribution in [2.24, 2.45) is 0 Å². The van der Waals surface area contributed by atoms with Crippen molar-refractivity contribution in [1.29, 1.82) is 0 Å². The van der Waals surface area contributed by atoms with Gasteiger partial charge in [0.25, 0.3) is 0 Å². The molecule has 128 valence electrons. The number of aliphatic hydroxyl groups excluding tert-OH is 1. The highest BCUT2D eigenvalue weighted by molar-refractivity contribution is 4.88. The zero-order valence-corrected chi connectivity index (χ0v) is 9.91. The van der Waals surface area contributed by atoms with Crippen molar-refractivity contribution in [3.05, 3.63) is 0 Å². The van der Waals surface area contributed by atoms with E-state index in [-0.39, 0.29) is 6.42 Å². The smallest absolute Gasteiger partial charge is 0.396 e. The lowest BCUT2D eigenvalue weighted by atomic mass is 10.2. The maximum atomic E-state index is 13.0. The van der Waals surface area contributed by atoms with E-state index in [9.17, 15) is 43.9 Å². The Kier molecular flexibility index (Phi) is 6.27. The first-order valence-electron chi connectivity index (χ1n) is 5.06. The summed E-state index contributed by atoms with van der Waals surface area (Å²) in [4.78, 5) is -3.48. The van der Waals surface area contributed by atoms with Gasteiger partial charge in [0, 0.05) is 13.2 Å². The minimum atomic E-state index is -6.78. The summed E-state index contributed by atoms with van der Waals surface area (Å²) < 4.78 is 128. The first-order chi connectivity index (χ1) is 9.18. The van der Waals surface area contributed by atoms with Crippen LogP contribution in [0.15, 0.2) is 0 Å². The van der Waals surface area contributed by atoms with Crippen LogP contribution in [-0.2, 0) is 4.74 Å². The summed E-state index contributed by atoms with van der Waals surface area (Å²) in [5, 5.41) is 8.24. The molecule has 0 aliphatic rings. The van der Waals surface area contributed by atoms with E-state index in [1.807, 2.05) is 0 Å². The lowest BCUT2D eigenvalue weighted by Crippen LogP contribution is -2.65. The third kappa shape index (κ3) is 5.14. The molecule has 0 rings (SSSR count). The van der Waals surface area contributed by atoms with E-state index < -0.39 is 49.3 Å². The molecule has 3 nitrogen and oxygen atoms in total. The Bertz CT molecular complexity index is 312. The molecule has 0 heterocycles. The van der Waals surface area contributed by atoms with Gasteiger partial charge >= 0.3 is 24.6 Å². The molecule has 0 aliphatic heterocycles. The average Bonchev–Trinajstić information content (AvgIpc) is 2.19. The van der Waals surface area contributed by atoms with Gasteiger partial charge in [0.2, 0.25) is 0 Å². The molecular formula is C8H9F10NO2. The van der Waals surface area contributed by atoms with Crippen molar-refractivity contribution in [2.75, 3.05) is 19.8 Å².